The predicted octanol–water partition coefficient (Wildman–Crippen LogP) is 1.02. The number of rotatable bonds is 3. The largest absolute Gasteiger partial charge is 0.462 e. The van der Waals surface area contributed by atoms with Gasteiger partial charge in [-0.25, -0.2) is 9.97 Å². The minimum atomic E-state index is -1.24. The minimum absolute atomic E-state index is 0.0486. The summed E-state index contributed by atoms with van der Waals surface area (Å²) in [5, 5.41) is 20.9. The van der Waals surface area contributed by atoms with Gasteiger partial charge < -0.3 is 25.6 Å². The number of anilines is 1. The first-order valence-electron chi connectivity index (χ1n) is 12.9. The van der Waals surface area contributed by atoms with Gasteiger partial charge in [-0.1, -0.05) is 6.42 Å². The van der Waals surface area contributed by atoms with E-state index in [9.17, 15) is 19.8 Å². The van der Waals surface area contributed by atoms with Crippen molar-refractivity contribution in [2.75, 3.05) is 38.5 Å². The molecule has 11 nitrogen and oxygen atoms in total. The van der Waals surface area contributed by atoms with E-state index in [1.54, 1.807) is 17.3 Å². The molecule has 2 aliphatic rings. The molecule has 0 bridgehead atoms. The molecule has 1 spiro atoms. The molecule has 0 unspecified atom stereocenters. The molecule has 4 heterocycles. The molecular weight excluding hydrogens is 476 g/mol. The van der Waals surface area contributed by atoms with Crippen molar-refractivity contribution in [1.29, 1.82) is 0 Å². The molecule has 0 saturated carbocycles. The van der Waals surface area contributed by atoms with E-state index >= 15 is 0 Å². The van der Waals surface area contributed by atoms with E-state index in [4.69, 9.17) is 10.5 Å². The maximum Gasteiger partial charge on any atom is 0.312 e. The SMILES string of the molecule is Nc1nccnc1C(=O)N1CCCCC2(CCN(Cc3ccncc3)CC2)C(=O)OC[C@@H](O)[C@@H](O)CC1. The number of piperidine rings is 1. The van der Waals surface area contributed by atoms with Crippen LogP contribution in [0.3, 0.4) is 0 Å². The smallest absolute Gasteiger partial charge is 0.312 e. The number of likely N-dealkylation sites (tertiary alicyclic amines) is 1. The Hall–Kier alpha value is -3.15. The van der Waals surface area contributed by atoms with Crippen molar-refractivity contribution in [3.8, 4) is 0 Å². The molecule has 0 aliphatic carbocycles. The van der Waals surface area contributed by atoms with Gasteiger partial charge in [-0.2, -0.15) is 0 Å². The highest BCUT2D eigenvalue weighted by molar-refractivity contribution is 5.96. The van der Waals surface area contributed by atoms with Crippen LogP contribution in [-0.2, 0) is 16.1 Å². The van der Waals surface area contributed by atoms with E-state index < -0.39 is 17.6 Å². The average molecular weight is 513 g/mol. The van der Waals surface area contributed by atoms with Crippen LogP contribution in [0.5, 0.6) is 0 Å². The highest BCUT2D eigenvalue weighted by atomic mass is 16.5. The Morgan fingerprint density at radius 1 is 1.00 bits per heavy atom. The zero-order chi connectivity index (χ0) is 26.3. The van der Waals surface area contributed by atoms with Crippen LogP contribution < -0.4 is 5.73 Å². The third kappa shape index (κ3) is 6.79. The molecule has 1 amide bonds. The second kappa shape index (κ2) is 12.4. The molecule has 4 rings (SSSR count). The lowest BCUT2D eigenvalue weighted by Crippen LogP contribution is -2.45. The number of hydrogen-bond acceptors (Lipinski definition) is 10. The van der Waals surface area contributed by atoms with Gasteiger partial charge in [-0.15, -0.1) is 0 Å². The maximum absolute atomic E-state index is 13.3. The lowest BCUT2D eigenvalue weighted by molar-refractivity contribution is -0.165. The molecule has 11 heteroatoms. The van der Waals surface area contributed by atoms with Crippen molar-refractivity contribution >= 4 is 17.7 Å². The summed E-state index contributed by atoms with van der Waals surface area (Å²) in [5.74, 6) is -0.636. The van der Waals surface area contributed by atoms with Crippen molar-refractivity contribution in [2.45, 2.75) is 57.3 Å². The van der Waals surface area contributed by atoms with Gasteiger partial charge in [0, 0.05) is 44.4 Å². The van der Waals surface area contributed by atoms with Gasteiger partial charge in [0.1, 0.15) is 12.7 Å². The summed E-state index contributed by atoms with van der Waals surface area (Å²) in [6.45, 7) is 2.63. The number of aliphatic hydroxyl groups excluding tert-OH is 2. The van der Waals surface area contributed by atoms with Crippen LogP contribution in [0.15, 0.2) is 36.9 Å². The summed E-state index contributed by atoms with van der Waals surface area (Å²) in [6, 6.07) is 3.98. The number of hydrogen-bond donors (Lipinski definition) is 3. The lowest BCUT2D eigenvalue weighted by atomic mass is 9.74. The number of esters is 1. The van der Waals surface area contributed by atoms with Gasteiger partial charge in [0.05, 0.1) is 11.5 Å². The second-order valence-corrected chi connectivity index (χ2v) is 9.97. The molecule has 4 N–H and O–H groups in total. The van der Waals surface area contributed by atoms with E-state index in [1.807, 2.05) is 12.1 Å². The first-order chi connectivity index (χ1) is 17.9. The van der Waals surface area contributed by atoms with E-state index in [1.165, 1.54) is 18.0 Å². The van der Waals surface area contributed by atoms with Crippen LogP contribution in [0.4, 0.5) is 5.82 Å². The summed E-state index contributed by atoms with van der Waals surface area (Å²) in [7, 11) is 0. The number of carbonyl (C=O) groups is 2. The number of nitrogen functional groups attached to an aromatic ring is 1. The number of amides is 1. The number of ether oxygens (including phenoxy) is 1. The topological polar surface area (TPSA) is 155 Å². The summed E-state index contributed by atoms with van der Waals surface area (Å²) in [4.78, 5) is 42.4. The van der Waals surface area contributed by atoms with E-state index in [0.717, 1.165) is 26.1 Å². The number of aromatic nitrogens is 3. The predicted molar refractivity (Wildman–Crippen MR) is 135 cm³/mol. The Labute approximate surface area is 216 Å². The van der Waals surface area contributed by atoms with Crippen LogP contribution in [-0.4, -0.2) is 91.8 Å². The first-order valence-corrected chi connectivity index (χ1v) is 12.9. The summed E-state index contributed by atoms with van der Waals surface area (Å²) < 4.78 is 5.55. The van der Waals surface area contributed by atoms with Gasteiger partial charge in [-0.3, -0.25) is 19.5 Å². The number of pyridine rings is 1. The standard InChI is InChI=1S/C26H36N6O5/c27-23-22(29-11-12-30-23)24(35)32-13-2-1-6-26(25(36)37-18-21(34)20(33)5-14-32)7-15-31(16-8-26)17-19-3-9-28-10-4-19/h3-4,9-12,20-21,33-34H,1-2,5-8,13-18H2,(H2,27,30)/t20-,21+/m0/s1. The highest BCUT2D eigenvalue weighted by Gasteiger charge is 2.42. The molecule has 2 aromatic rings. The van der Waals surface area contributed by atoms with Crippen molar-refractivity contribution in [2.24, 2.45) is 5.41 Å². The molecule has 37 heavy (non-hydrogen) atoms. The Kier molecular flexibility index (Phi) is 9.01. The fraction of sp³-hybridized carbons (Fsp3) is 0.577. The number of cyclic esters (lactones) is 1. The molecule has 0 radical (unpaired) electrons. The van der Waals surface area contributed by atoms with E-state index in [0.29, 0.717) is 32.2 Å². The second-order valence-electron chi connectivity index (χ2n) is 9.97. The van der Waals surface area contributed by atoms with Crippen LogP contribution in [0.25, 0.3) is 0 Å². The van der Waals surface area contributed by atoms with Gasteiger partial charge in [0.2, 0.25) is 0 Å². The van der Waals surface area contributed by atoms with Crippen molar-refractivity contribution in [3.63, 3.8) is 0 Å². The molecule has 0 aromatic carbocycles. The van der Waals surface area contributed by atoms with Crippen molar-refractivity contribution in [1.82, 2.24) is 24.8 Å². The van der Waals surface area contributed by atoms with Gasteiger partial charge >= 0.3 is 5.97 Å². The summed E-state index contributed by atoms with van der Waals surface area (Å²) in [5.41, 5.74) is 6.45. The Bertz CT molecular complexity index is 1050. The molecule has 200 valence electrons. The van der Waals surface area contributed by atoms with Crippen LogP contribution >= 0.6 is 0 Å². The first kappa shape index (κ1) is 26.9. The molecule has 2 saturated heterocycles. The number of aliphatic hydroxyl groups is 2. The Morgan fingerprint density at radius 3 is 2.46 bits per heavy atom. The molecule has 2 aromatic heterocycles. The van der Waals surface area contributed by atoms with Crippen molar-refractivity contribution < 1.29 is 24.5 Å². The Balaban J connectivity index is 1.44. The fourth-order valence-corrected chi connectivity index (χ4v) is 5.09. The van der Waals surface area contributed by atoms with Crippen LogP contribution in [0, 0.1) is 5.41 Å². The third-order valence-electron chi connectivity index (χ3n) is 7.48. The van der Waals surface area contributed by atoms with Crippen LogP contribution in [0.2, 0.25) is 0 Å². The van der Waals surface area contributed by atoms with E-state index in [-0.39, 0.29) is 43.0 Å². The number of nitrogens with zero attached hydrogens (tertiary/aromatic N) is 5. The van der Waals surface area contributed by atoms with E-state index in [2.05, 4.69) is 19.9 Å². The zero-order valence-electron chi connectivity index (χ0n) is 21.0. The lowest BCUT2D eigenvalue weighted by Gasteiger charge is -2.40. The van der Waals surface area contributed by atoms with Crippen LogP contribution in [0.1, 0.15) is 54.6 Å². The summed E-state index contributed by atoms with van der Waals surface area (Å²) in [6.07, 6.45) is 7.44. The molecule has 2 fully saturated rings. The fourth-order valence-electron chi connectivity index (χ4n) is 5.09. The number of carbonyl (C=O) groups excluding carboxylic acids is 2. The van der Waals surface area contributed by atoms with Gasteiger partial charge in [0.25, 0.3) is 5.91 Å². The third-order valence-corrected chi connectivity index (χ3v) is 7.48. The molecular formula is C26H36N6O5. The van der Waals surface area contributed by atoms with Gasteiger partial charge in [-0.05, 0) is 62.9 Å². The number of nitrogens with two attached hydrogens (primary N) is 1. The van der Waals surface area contributed by atoms with Crippen molar-refractivity contribution in [3.05, 3.63) is 48.2 Å². The average Bonchev–Trinajstić information content (AvgIpc) is 2.92. The maximum atomic E-state index is 13.3. The monoisotopic (exact) mass is 512 g/mol. The normalized spacial score (nSPS) is 23.9. The Morgan fingerprint density at radius 2 is 1.73 bits per heavy atom. The zero-order valence-corrected chi connectivity index (χ0v) is 21.0. The molecule has 2 aliphatic heterocycles. The quantitative estimate of drug-likeness (QED) is 0.508. The highest BCUT2D eigenvalue weighted by Crippen LogP contribution is 2.38. The van der Waals surface area contributed by atoms with Gasteiger partial charge in [0.15, 0.2) is 11.5 Å². The molecule has 2 atom stereocenters. The minimum Gasteiger partial charge on any atom is -0.462 e. The summed E-state index contributed by atoms with van der Waals surface area (Å²) >= 11 is 0.